The highest BCUT2D eigenvalue weighted by atomic mass is 32.2. The van der Waals surface area contributed by atoms with E-state index in [1.807, 2.05) is 33.4 Å². The van der Waals surface area contributed by atoms with Crippen LogP contribution in [0.15, 0.2) is 65.0 Å². The molecule has 6 rings (SSSR count). The molecular weight excluding hydrogens is 522 g/mol. The van der Waals surface area contributed by atoms with Crippen LogP contribution in [0, 0.1) is 0 Å². The SMILES string of the molecule is O=C(c1ccc2c(c1)CCN(S(=O)(=O)c1ccccc1)C2)N1CC(N2CCN(C(=O)c3nccs3)CC2)C1. The van der Waals surface area contributed by atoms with Crippen LogP contribution in [0.1, 0.15) is 31.3 Å². The van der Waals surface area contributed by atoms with E-state index in [0.29, 0.717) is 67.2 Å². The van der Waals surface area contributed by atoms with Crippen LogP contribution < -0.4 is 0 Å². The Balaban J connectivity index is 1.03. The molecule has 2 fully saturated rings. The summed E-state index contributed by atoms with van der Waals surface area (Å²) in [7, 11) is -3.55. The summed E-state index contributed by atoms with van der Waals surface area (Å²) in [6.07, 6.45) is 2.23. The highest BCUT2D eigenvalue weighted by Crippen LogP contribution is 2.27. The van der Waals surface area contributed by atoms with Crippen LogP contribution in [-0.4, -0.2) is 96.1 Å². The molecule has 198 valence electrons. The molecule has 0 atom stereocenters. The molecule has 0 unspecified atom stereocenters. The number of aromatic nitrogens is 1. The number of amides is 2. The largest absolute Gasteiger partial charge is 0.335 e. The lowest BCUT2D eigenvalue weighted by Gasteiger charge is -2.48. The molecule has 0 N–H and O–H groups in total. The van der Waals surface area contributed by atoms with Crippen molar-refractivity contribution in [3.05, 3.63) is 81.8 Å². The van der Waals surface area contributed by atoms with Gasteiger partial charge in [0.2, 0.25) is 10.0 Å². The molecule has 3 aromatic rings. The van der Waals surface area contributed by atoms with Crippen molar-refractivity contribution in [2.24, 2.45) is 0 Å². The Hall–Kier alpha value is -3.12. The van der Waals surface area contributed by atoms with E-state index in [4.69, 9.17) is 0 Å². The Bertz CT molecular complexity index is 1430. The van der Waals surface area contributed by atoms with Crippen LogP contribution in [0.2, 0.25) is 0 Å². The molecule has 3 aliphatic heterocycles. The average Bonchev–Trinajstić information content (AvgIpc) is 3.47. The molecular formula is C27H29N5O4S2. The zero-order chi connectivity index (χ0) is 26.3. The summed E-state index contributed by atoms with van der Waals surface area (Å²) in [6.45, 7) is 5.00. The maximum Gasteiger partial charge on any atom is 0.282 e. The van der Waals surface area contributed by atoms with Gasteiger partial charge in [-0.1, -0.05) is 24.3 Å². The number of hydrogen-bond acceptors (Lipinski definition) is 7. The van der Waals surface area contributed by atoms with E-state index in [1.165, 1.54) is 15.6 Å². The standard InChI is InChI=1S/C27H29N5O4S2/c33-26(31-18-23(19-31)29-11-13-30(14-12-29)27(34)25-28-9-15-37-25)21-6-7-22-17-32(10-8-20(22)16-21)38(35,36)24-4-2-1-3-5-24/h1-7,9,15-16,23H,8,10-14,17-19H2. The Labute approximate surface area is 226 Å². The monoisotopic (exact) mass is 551 g/mol. The van der Waals surface area contributed by atoms with E-state index >= 15 is 0 Å². The second kappa shape index (κ2) is 10.2. The second-order valence-corrected chi connectivity index (χ2v) is 12.7. The molecule has 2 saturated heterocycles. The highest BCUT2D eigenvalue weighted by Gasteiger charge is 2.37. The van der Waals surface area contributed by atoms with Gasteiger partial charge in [0.05, 0.1) is 4.90 Å². The van der Waals surface area contributed by atoms with Crippen molar-refractivity contribution >= 4 is 33.2 Å². The van der Waals surface area contributed by atoms with Crippen molar-refractivity contribution in [2.45, 2.75) is 23.9 Å². The quantitative estimate of drug-likeness (QED) is 0.483. The molecule has 0 aliphatic carbocycles. The molecule has 9 nitrogen and oxygen atoms in total. The molecule has 3 aliphatic rings. The number of nitrogens with zero attached hydrogens (tertiary/aromatic N) is 5. The summed E-state index contributed by atoms with van der Waals surface area (Å²) < 4.78 is 27.5. The first-order valence-electron chi connectivity index (χ1n) is 12.8. The summed E-state index contributed by atoms with van der Waals surface area (Å²) in [4.78, 5) is 36.2. The predicted molar refractivity (Wildman–Crippen MR) is 143 cm³/mol. The highest BCUT2D eigenvalue weighted by molar-refractivity contribution is 7.89. The zero-order valence-corrected chi connectivity index (χ0v) is 22.5. The summed E-state index contributed by atoms with van der Waals surface area (Å²) in [5.74, 6) is 0.0132. The van der Waals surface area contributed by atoms with Gasteiger partial charge in [0.1, 0.15) is 0 Å². The summed E-state index contributed by atoms with van der Waals surface area (Å²) in [5.41, 5.74) is 2.63. The minimum Gasteiger partial charge on any atom is -0.335 e. The smallest absolute Gasteiger partial charge is 0.282 e. The molecule has 0 saturated carbocycles. The van der Waals surface area contributed by atoms with Crippen molar-refractivity contribution in [1.82, 2.24) is 24.0 Å². The molecule has 0 spiro atoms. The summed E-state index contributed by atoms with van der Waals surface area (Å²) >= 11 is 1.37. The third-order valence-electron chi connectivity index (χ3n) is 7.69. The lowest BCUT2D eigenvalue weighted by molar-refractivity contribution is 0.00852. The fraction of sp³-hybridized carbons (Fsp3) is 0.370. The van der Waals surface area contributed by atoms with Gasteiger partial charge in [-0.05, 0) is 41.8 Å². The first-order valence-corrected chi connectivity index (χ1v) is 15.1. The third-order valence-corrected chi connectivity index (χ3v) is 10.3. The number of hydrogen-bond donors (Lipinski definition) is 0. The first kappa shape index (κ1) is 25.2. The average molecular weight is 552 g/mol. The van der Waals surface area contributed by atoms with E-state index in [2.05, 4.69) is 9.88 Å². The fourth-order valence-corrected chi connectivity index (χ4v) is 7.44. The maximum atomic E-state index is 13.2. The number of thiazole rings is 1. The minimum absolute atomic E-state index is 0.00161. The van der Waals surface area contributed by atoms with Crippen LogP contribution in [0.25, 0.3) is 0 Å². The lowest BCUT2D eigenvalue weighted by atomic mass is 9.97. The van der Waals surface area contributed by atoms with Gasteiger partial charge >= 0.3 is 0 Å². The zero-order valence-electron chi connectivity index (χ0n) is 20.9. The minimum atomic E-state index is -3.55. The van der Waals surface area contributed by atoms with E-state index < -0.39 is 10.0 Å². The number of benzene rings is 2. The molecule has 38 heavy (non-hydrogen) atoms. The van der Waals surface area contributed by atoms with Gasteiger partial charge in [-0.25, -0.2) is 13.4 Å². The van der Waals surface area contributed by atoms with Gasteiger partial charge in [-0.3, -0.25) is 14.5 Å². The predicted octanol–water partition coefficient (Wildman–Crippen LogP) is 2.17. The molecule has 11 heteroatoms. The van der Waals surface area contributed by atoms with Crippen LogP contribution in [0.4, 0.5) is 0 Å². The molecule has 2 amide bonds. The normalized spacial score (nSPS) is 19.2. The molecule has 0 radical (unpaired) electrons. The Morgan fingerprint density at radius 2 is 1.63 bits per heavy atom. The van der Waals surface area contributed by atoms with Gasteiger partial charge in [0.25, 0.3) is 11.8 Å². The first-order chi connectivity index (χ1) is 18.4. The topological polar surface area (TPSA) is 94.1 Å². The van der Waals surface area contributed by atoms with E-state index in [9.17, 15) is 18.0 Å². The number of carbonyl (C=O) groups is 2. The number of rotatable bonds is 5. The van der Waals surface area contributed by atoms with Crippen LogP contribution in [-0.2, 0) is 23.0 Å². The van der Waals surface area contributed by atoms with E-state index in [-0.39, 0.29) is 11.8 Å². The van der Waals surface area contributed by atoms with Gasteiger partial charge in [-0.2, -0.15) is 4.31 Å². The Kier molecular flexibility index (Phi) is 6.77. The maximum absolute atomic E-state index is 13.2. The number of carbonyl (C=O) groups excluding carboxylic acids is 2. The lowest BCUT2D eigenvalue weighted by Crippen LogP contribution is -2.64. The summed E-state index contributed by atoms with van der Waals surface area (Å²) in [5, 5.41) is 2.35. The summed E-state index contributed by atoms with van der Waals surface area (Å²) in [6, 6.07) is 14.5. The van der Waals surface area contributed by atoms with Crippen LogP contribution in [0.5, 0.6) is 0 Å². The Morgan fingerprint density at radius 1 is 0.868 bits per heavy atom. The molecule has 4 heterocycles. The van der Waals surface area contributed by atoms with Gasteiger partial charge in [0.15, 0.2) is 5.01 Å². The van der Waals surface area contributed by atoms with Crippen LogP contribution >= 0.6 is 11.3 Å². The molecule has 2 aromatic carbocycles. The van der Waals surface area contributed by atoms with Crippen LogP contribution in [0.3, 0.4) is 0 Å². The fourth-order valence-electron chi connectivity index (χ4n) is 5.40. The van der Waals surface area contributed by atoms with Crippen molar-refractivity contribution in [3.8, 4) is 0 Å². The van der Waals surface area contributed by atoms with Crippen molar-refractivity contribution in [3.63, 3.8) is 0 Å². The van der Waals surface area contributed by atoms with Crippen molar-refractivity contribution in [1.29, 1.82) is 0 Å². The Morgan fingerprint density at radius 3 is 2.34 bits per heavy atom. The van der Waals surface area contributed by atoms with Gasteiger partial charge in [-0.15, -0.1) is 11.3 Å². The second-order valence-electron chi connectivity index (χ2n) is 9.91. The number of piperazine rings is 1. The molecule has 1 aromatic heterocycles. The van der Waals surface area contributed by atoms with Gasteiger partial charge < -0.3 is 9.80 Å². The van der Waals surface area contributed by atoms with E-state index in [0.717, 1.165) is 24.2 Å². The van der Waals surface area contributed by atoms with Crippen molar-refractivity contribution in [2.75, 3.05) is 45.8 Å². The number of likely N-dealkylation sites (tertiary alicyclic amines) is 1. The number of sulfonamides is 1. The number of fused-ring (bicyclic) bond motifs is 1. The molecule has 0 bridgehead atoms. The third kappa shape index (κ3) is 4.75. The van der Waals surface area contributed by atoms with Crippen molar-refractivity contribution < 1.29 is 18.0 Å². The van der Waals surface area contributed by atoms with E-state index in [1.54, 1.807) is 36.5 Å². The van der Waals surface area contributed by atoms with Gasteiger partial charge in [0, 0.05) is 75.5 Å².